The van der Waals surface area contributed by atoms with E-state index in [2.05, 4.69) is 41.3 Å². The maximum atomic E-state index is 12.9. The molecule has 1 unspecified atom stereocenters. The number of benzene rings is 1. The van der Waals surface area contributed by atoms with Crippen molar-refractivity contribution in [1.29, 1.82) is 10.5 Å². The monoisotopic (exact) mass is 448 g/mol. The smallest absolute Gasteiger partial charge is 0.387 e. The maximum absolute atomic E-state index is 12.9. The van der Waals surface area contributed by atoms with Crippen molar-refractivity contribution in [2.45, 2.75) is 12.7 Å². The molecule has 0 aliphatic carbocycles. The van der Waals surface area contributed by atoms with Gasteiger partial charge in [0.2, 0.25) is 5.96 Å². The van der Waals surface area contributed by atoms with E-state index in [4.69, 9.17) is 16.7 Å². The number of pyridine rings is 1. The molecular weight excluding hydrogens is 438 g/mol. The Morgan fingerprint density at radius 2 is 2.04 bits per heavy atom. The van der Waals surface area contributed by atoms with Crippen LogP contribution in [-0.4, -0.2) is 17.6 Å². The Hall–Kier alpha value is -3.64. The highest BCUT2D eigenvalue weighted by Gasteiger charge is 2.33. The molecule has 1 aliphatic heterocycles. The first-order chi connectivity index (χ1) is 13.4. The van der Waals surface area contributed by atoms with E-state index in [1.54, 1.807) is 12.3 Å². The van der Waals surface area contributed by atoms with E-state index < -0.39 is 12.7 Å². The minimum atomic E-state index is -3.08. The lowest BCUT2D eigenvalue weighted by Crippen LogP contribution is -2.33. The van der Waals surface area contributed by atoms with Gasteiger partial charge in [-0.15, -0.1) is 0 Å². The maximum Gasteiger partial charge on any atom is 0.387 e. The van der Waals surface area contributed by atoms with Crippen molar-refractivity contribution in [3.8, 4) is 18.0 Å². The van der Waals surface area contributed by atoms with Crippen LogP contribution in [0.2, 0.25) is 0 Å². The number of halogens is 3. The Morgan fingerprint density at radius 3 is 2.68 bits per heavy atom. The number of hydrogen-bond donors (Lipinski definition) is 4. The van der Waals surface area contributed by atoms with Crippen molar-refractivity contribution in [2.24, 2.45) is 4.99 Å². The highest BCUT2D eigenvalue weighted by atomic mass is 79.9. The largest absolute Gasteiger partial charge is 0.434 e. The summed E-state index contributed by atoms with van der Waals surface area (Å²) < 4.78 is 30.8. The van der Waals surface area contributed by atoms with E-state index in [0.29, 0.717) is 4.47 Å². The van der Waals surface area contributed by atoms with E-state index in [0.717, 1.165) is 0 Å². The third-order valence-electron chi connectivity index (χ3n) is 3.86. The molecule has 3 rings (SSSR count). The Kier molecular flexibility index (Phi) is 5.15. The molecule has 0 fully saturated rings. The van der Waals surface area contributed by atoms with Gasteiger partial charge in [-0.2, -0.15) is 19.3 Å². The van der Waals surface area contributed by atoms with Crippen molar-refractivity contribution in [3.63, 3.8) is 0 Å². The molecule has 1 aromatic carbocycles. The van der Waals surface area contributed by atoms with Crippen LogP contribution in [-0.2, 0) is 0 Å². The molecule has 0 amide bonds. The van der Waals surface area contributed by atoms with E-state index >= 15 is 0 Å². The van der Waals surface area contributed by atoms with Gasteiger partial charge in [0, 0.05) is 15.6 Å². The molecule has 0 radical (unpaired) electrons. The van der Waals surface area contributed by atoms with E-state index in [9.17, 15) is 14.0 Å². The minimum Gasteiger partial charge on any atom is -0.434 e. The summed E-state index contributed by atoms with van der Waals surface area (Å²) in [5.74, 6) is -0.156. The molecule has 9 nitrogen and oxygen atoms in total. The van der Waals surface area contributed by atoms with Gasteiger partial charge in [-0.05, 0) is 12.1 Å². The fraction of sp³-hybridized carbons (Fsp3) is 0.125. The molecule has 12 heteroatoms. The zero-order valence-electron chi connectivity index (χ0n) is 13.9. The number of aliphatic imine (C=N–C) groups is 1. The van der Waals surface area contributed by atoms with Crippen LogP contribution in [0, 0.1) is 22.8 Å². The SMILES string of the molecule is N#CNC1=NC(c2c(Br)cccc2OC(F)F)c2c(nc(N)c(C#N)c2N)N1. The molecule has 2 heterocycles. The molecule has 1 aromatic heterocycles. The molecule has 28 heavy (non-hydrogen) atoms. The molecule has 142 valence electrons. The van der Waals surface area contributed by atoms with Crippen LogP contribution < -0.4 is 26.8 Å². The predicted octanol–water partition coefficient (Wildman–Crippen LogP) is 2.42. The summed E-state index contributed by atoms with van der Waals surface area (Å²) in [6.07, 6.45) is 1.70. The van der Waals surface area contributed by atoms with Crippen LogP contribution in [0.5, 0.6) is 5.75 Å². The van der Waals surface area contributed by atoms with E-state index in [1.807, 2.05) is 6.07 Å². The van der Waals surface area contributed by atoms with Gasteiger partial charge in [-0.3, -0.25) is 5.32 Å². The normalized spacial score (nSPS) is 14.9. The first-order valence-electron chi connectivity index (χ1n) is 7.59. The Labute approximate surface area is 165 Å². The molecule has 0 saturated carbocycles. The zero-order chi connectivity index (χ0) is 20.4. The number of aromatic nitrogens is 1. The van der Waals surface area contributed by atoms with Gasteiger partial charge in [0.25, 0.3) is 0 Å². The summed E-state index contributed by atoms with van der Waals surface area (Å²) in [5, 5.41) is 23.3. The number of hydrogen-bond acceptors (Lipinski definition) is 9. The van der Waals surface area contributed by atoms with E-state index in [-0.39, 0.29) is 45.7 Å². The second kappa shape index (κ2) is 7.54. The lowest BCUT2D eigenvalue weighted by molar-refractivity contribution is -0.0505. The molecule has 0 spiro atoms. The topological polar surface area (TPSA) is 158 Å². The third-order valence-corrected chi connectivity index (χ3v) is 4.55. The van der Waals surface area contributed by atoms with Crippen LogP contribution in [0.1, 0.15) is 22.7 Å². The predicted molar refractivity (Wildman–Crippen MR) is 100 cm³/mol. The van der Waals surface area contributed by atoms with Crippen molar-refractivity contribution in [3.05, 3.63) is 39.4 Å². The molecule has 1 atom stereocenters. The summed E-state index contributed by atoms with van der Waals surface area (Å²) in [7, 11) is 0. The average molecular weight is 449 g/mol. The number of nitrogens with zero attached hydrogens (tertiary/aromatic N) is 4. The van der Waals surface area contributed by atoms with Crippen molar-refractivity contribution in [1.82, 2.24) is 10.3 Å². The number of guanidine groups is 1. The molecule has 1 aliphatic rings. The van der Waals surface area contributed by atoms with Gasteiger partial charge in [-0.1, -0.05) is 22.0 Å². The van der Waals surface area contributed by atoms with Gasteiger partial charge in [0.05, 0.1) is 5.69 Å². The fourth-order valence-corrected chi connectivity index (χ4v) is 3.34. The molecular formula is C16H11BrF2N8O. The summed E-state index contributed by atoms with van der Waals surface area (Å²) in [6.45, 7) is -3.08. The number of alkyl halides is 2. The Morgan fingerprint density at radius 1 is 1.29 bits per heavy atom. The highest BCUT2D eigenvalue weighted by Crippen LogP contribution is 2.45. The van der Waals surface area contributed by atoms with Gasteiger partial charge in [0.1, 0.15) is 35.1 Å². The highest BCUT2D eigenvalue weighted by molar-refractivity contribution is 9.10. The van der Waals surface area contributed by atoms with Crippen LogP contribution in [0.15, 0.2) is 27.7 Å². The van der Waals surface area contributed by atoms with Crippen molar-refractivity contribution < 1.29 is 13.5 Å². The van der Waals surface area contributed by atoms with Crippen LogP contribution in [0.4, 0.5) is 26.1 Å². The first-order valence-corrected chi connectivity index (χ1v) is 8.38. The number of ether oxygens (including phenoxy) is 1. The summed E-state index contributed by atoms with van der Waals surface area (Å²) >= 11 is 3.31. The van der Waals surface area contributed by atoms with Gasteiger partial charge in [-0.25, -0.2) is 9.98 Å². The number of nitrogens with one attached hydrogen (secondary N) is 2. The summed E-state index contributed by atoms with van der Waals surface area (Å²) in [5.41, 5.74) is 12.3. The number of nitrogen functional groups attached to an aromatic ring is 2. The lowest BCUT2D eigenvalue weighted by Gasteiger charge is -2.27. The molecule has 0 bridgehead atoms. The Balaban J connectivity index is 2.30. The third kappa shape index (κ3) is 3.33. The van der Waals surface area contributed by atoms with Gasteiger partial charge >= 0.3 is 6.61 Å². The second-order valence-electron chi connectivity index (χ2n) is 5.43. The quantitative estimate of drug-likeness (QED) is 0.411. The Bertz CT molecular complexity index is 1060. The van der Waals surface area contributed by atoms with Crippen LogP contribution >= 0.6 is 15.9 Å². The number of rotatable bonds is 3. The van der Waals surface area contributed by atoms with Gasteiger partial charge in [0.15, 0.2) is 6.19 Å². The van der Waals surface area contributed by atoms with Crippen molar-refractivity contribution in [2.75, 3.05) is 16.8 Å². The number of nitrogens with two attached hydrogens (primary N) is 2. The molecule has 6 N–H and O–H groups in total. The van der Waals surface area contributed by atoms with Crippen LogP contribution in [0.25, 0.3) is 0 Å². The van der Waals surface area contributed by atoms with Crippen molar-refractivity contribution >= 4 is 39.2 Å². The first kappa shape index (κ1) is 19.1. The van der Waals surface area contributed by atoms with E-state index in [1.165, 1.54) is 12.1 Å². The number of nitriles is 2. The lowest BCUT2D eigenvalue weighted by atomic mass is 9.94. The van der Waals surface area contributed by atoms with Crippen LogP contribution in [0.3, 0.4) is 0 Å². The minimum absolute atomic E-state index is 0.00485. The molecule has 2 aromatic rings. The summed E-state index contributed by atoms with van der Waals surface area (Å²) in [4.78, 5) is 8.43. The standard InChI is InChI=1S/C16H11BrF2N8O/c17-7-2-1-3-8(28-15(18)19)9(7)12-10-11(22)6(4-20)13(23)26-14(10)27-16(25-12)24-5-21/h1-3,12,15H,(H6,22,23,24,25,26,27). The fourth-order valence-electron chi connectivity index (χ4n) is 2.77. The number of anilines is 3. The second-order valence-corrected chi connectivity index (χ2v) is 6.29. The average Bonchev–Trinajstić information content (AvgIpc) is 2.61. The number of fused-ring (bicyclic) bond motifs is 1. The zero-order valence-corrected chi connectivity index (χ0v) is 15.5. The van der Waals surface area contributed by atoms with Gasteiger partial charge < -0.3 is 21.5 Å². The molecule has 0 saturated heterocycles. The summed E-state index contributed by atoms with van der Waals surface area (Å²) in [6, 6.07) is 5.30.